The smallest absolute Gasteiger partial charge is 0.146 e. The molecule has 1 fully saturated rings. The Hall–Kier alpha value is -1.02. The first-order valence-electron chi connectivity index (χ1n) is 6.08. The average molecular weight is 253 g/mol. The molecule has 1 aromatic rings. The Balaban J connectivity index is 2.16. The SMILES string of the molecule is CCC1(CC)C(=O)CC1Oc1ccccc1Cl. The van der Waals surface area contributed by atoms with E-state index in [0.717, 1.165) is 12.8 Å². The standard InChI is InChI=1S/C14H17ClO2/c1-3-14(4-2)12(16)9-13(14)17-11-8-6-5-7-10(11)15/h5-8,13H,3-4,9H2,1-2H3. The van der Waals surface area contributed by atoms with Crippen molar-refractivity contribution in [3.63, 3.8) is 0 Å². The number of ether oxygens (including phenoxy) is 1. The van der Waals surface area contributed by atoms with Crippen LogP contribution in [0.4, 0.5) is 0 Å². The van der Waals surface area contributed by atoms with Crippen LogP contribution in [0.1, 0.15) is 33.1 Å². The molecule has 1 unspecified atom stereocenters. The molecule has 2 rings (SSSR count). The molecule has 0 aliphatic heterocycles. The number of carbonyl (C=O) groups is 1. The molecule has 0 N–H and O–H groups in total. The molecule has 1 aromatic carbocycles. The number of Topliss-reactive ketones (excluding diaryl/α,β-unsaturated/α-hetero) is 1. The van der Waals surface area contributed by atoms with Gasteiger partial charge in [-0.05, 0) is 25.0 Å². The van der Waals surface area contributed by atoms with Crippen molar-refractivity contribution in [1.29, 1.82) is 0 Å². The molecule has 2 nitrogen and oxygen atoms in total. The number of benzene rings is 1. The molecule has 92 valence electrons. The fourth-order valence-electron chi connectivity index (χ4n) is 2.56. The van der Waals surface area contributed by atoms with Crippen LogP contribution in [0, 0.1) is 5.41 Å². The van der Waals surface area contributed by atoms with Crippen LogP contribution in [0.25, 0.3) is 0 Å². The summed E-state index contributed by atoms with van der Waals surface area (Å²) in [6.07, 6.45) is 2.15. The number of ketones is 1. The second-order valence-corrected chi connectivity index (χ2v) is 4.93. The Bertz CT molecular complexity index is 424. The zero-order valence-corrected chi connectivity index (χ0v) is 11.0. The van der Waals surface area contributed by atoms with Gasteiger partial charge >= 0.3 is 0 Å². The molecule has 0 bridgehead atoms. The van der Waals surface area contributed by atoms with E-state index in [1.165, 1.54) is 0 Å². The average Bonchev–Trinajstić information content (AvgIpc) is 2.33. The van der Waals surface area contributed by atoms with Crippen molar-refractivity contribution in [3.05, 3.63) is 29.3 Å². The number of para-hydroxylation sites is 1. The molecule has 0 saturated heterocycles. The topological polar surface area (TPSA) is 26.3 Å². The summed E-state index contributed by atoms with van der Waals surface area (Å²) in [5.41, 5.74) is -0.292. The second kappa shape index (κ2) is 4.69. The van der Waals surface area contributed by atoms with Crippen LogP contribution in [-0.2, 0) is 4.79 Å². The molecule has 1 aliphatic rings. The number of rotatable bonds is 4. The summed E-state index contributed by atoms with van der Waals surface area (Å²) in [5, 5.41) is 0.605. The van der Waals surface area contributed by atoms with Gasteiger partial charge in [-0.2, -0.15) is 0 Å². The summed E-state index contributed by atoms with van der Waals surface area (Å²) in [6.45, 7) is 4.09. The van der Waals surface area contributed by atoms with Crippen LogP contribution in [0.3, 0.4) is 0 Å². The maximum Gasteiger partial charge on any atom is 0.146 e. The Labute approximate surface area is 107 Å². The van der Waals surface area contributed by atoms with Gasteiger partial charge < -0.3 is 4.74 Å². The van der Waals surface area contributed by atoms with Gasteiger partial charge in [-0.1, -0.05) is 37.6 Å². The Morgan fingerprint density at radius 1 is 1.35 bits per heavy atom. The van der Waals surface area contributed by atoms with Gasteiger partial charge in [0.1, 0.15) is 17.6 Å². The van der Waals surface area contributed by atoms with Gasteiger partial charge in [-0.15, -0.1) is 0 Å². The Kier molecular flexibility index (Phi) is 3.43. The van der Waals surface area contributed by atoms with Crippen molar-refractivity contribution in [2.45, 2.75) is 39.2 Å². The highest BCUT2D eigenvalue weighted by Gasteiger charge is 2.53. The van der Waals surface area contributed by atoms with Gasteiger partial charge in [0.05, 0.1) is 10.4 Å². The summed E-state index contributed by atoms with van der Waals surface area (Å²) in [7, 11) is 0. The highest BCUT2D eigenvalue weighted by atomic mass is 35.5. The van der Waals surface area contributed by atoms with Gasteiger partial charge in [0.15, 0.2) is 0 Å². The highest BCUT2D eigenvalue weighted by Crippen LogP contribution is 2.46. The third-order valence-corrected chi connectivity index (χ3v) is 4.22. The van der Waals surface area contributed by atoms with E-state index in [-0.39, 0.29) is 11.5 Å². The van der Waals surface area contributed by atoms with E-state index in [4.69, 9.17) is 16.3 Å². The zero-order valence-electron chi connectivity index (χ0n) is 10.2. The predicted octanol–water partition coefficient (Wildman–Crippen LogP) is 3.87. The number of halogens is 1. The monoisotopic (exact) mass is 252 g/mol. The normalized spacial score (nSPS) is 22.1. The molecular formula is C14H17ClO2. The van der Waals surface area contributed by atoms with Crippen molar-refractivity contribution in [2.75, 3.05) is 0 Å². The van der Waals surface area contributed by atoms with Crippen LogP contribution < -0.4 is 4.74 Å². The van der Waals surface area contributed by atoms with E-state index in [0.29, 0.717) is 23.0 Å². The van der Waals surface area contributed by atoms with E-state index < -0.39 is 0 Å². The molecule has 0 amide bonds. The molecule has 1 atom stereocenters. The summed E-state index contributed by atoms with van der Waals surface area (Å²) >= 11 is 6.06. The maximum atomic E-state index is 11.8. The Morgan fingerprint density at radius 2 is 2.00 bits per heavy atom. The van der Waals surface area contributed by atoms with Crippen molar-refractivity contribution >= 4 is 17.4 Å². The lowest BCUT2D eigenvalue weighted by atomic mass is 9.61. The van der Waals surface area contributed by atoms with E-state index >= 15 is 0 Å². The summed E-state index contributed by atoms with van der Waals surface area (Å²) in [6, 6.07) is 7.41. The van der Waals surface area contributed by atoms with Crippen LogP contribution >= 0.6 is 11.6 Å². The van der Waals surface area contributed by atoms with Crippen LogP contribution in [0.5, 0.6) is 5.75 Å². The van der Waals surface area contributed by atoms with Gasteiger partial charge in [0, 0.05) is 6.42 Å². The molecule has 0 radical (unpaired) electrons. The minimum atomic E-state index is -0.292. The van der Waals surface area contributed by atoms with E-state index in [2.05, 4.69) is 0 Å². The molecule has 3 heteroatoms. The quantitative estimate of drug-likeness (QED) is 0.813. The van der Waals surface area contributed by atoms with Crippen LogP contribution in [0.15, 0.2) is 24.3 Å². The predicted molar refractivity (Wildman–Crippen MR) is 68.5 cm³/mol. The first kappa shape index (κ1) is 12.4. The largest absolute Gasteiger partial charge is 0.487 e. The lowest BCUT2D eigenvalue weighted by Crippen LogP contribution is -2.56. The third kappa shape index (κ3) is 1.95. The van der Waals surface area contributed by atoms with Gasteiger partial charge in [0.25, 0.3) is 0 Å². The van der Waals surface area contributed by atoms with E-state index in [1.807, 2.05) is 32.0 Å². The minimum Gasteiger partial charge on any atom is -0.487 e. The van der Waals surface area contributed by atoms with E-state index in [9.17, 15) is 4.79 Å². The minimum absolute atomic E-state index is 0.0232. The summed E-state index contributed by atoms with van der Waals surface area (Å²) in [4.78, 5) is 11.8. The number of hydrogen-bond acceptors (Lipinski definition) is 2. The van der Waals surface area contributed by atoms with E-state index in [1.54, 1.807) is 6.07 Å². The number of carbonyl (C=O) groups excluding carboxylic acids is 1. The summed E-state index contributed by atoms with van der Waals surface area (Å²) < 4.78 is 5.90. The summed E-state index contributed by atoms with van der Waals surface area (Å²) in [5.74, 6) is 0.998. The molecule has 0 heterocycles. The molecule has 1 saturated carbocycles. The molecule has 0 spiro atoms. The van der Waals surface area contributed by atoms with Crippen molar-refractivity contribution in [3.8, 4) is 5.75 Å². The van der Waals surface area contributed by atoms with Crippen LogP contribution in [-0.4, -0.2) is 11.9 Å². The third-order valence-electron chi connectivity index (χ3n) is 3.91. The van der Waals surface area contributed by atoms with Gasteiger partial charge in [-0.25, -0.2) is 0 Å². The fraction of sp³-hybridized carbons (Fsp3) is 0.500. The lowest BCUT2D eigenvalue weighted by molar-refractivity contribution is -0.153. The molecular weight excluding hydrogens is 236 g/mol. The fourth-order valence-corrected chi connectivity index (χ4v) is 2.74. The van der Waals surface area contributed by atoms with Crippen molar-refractivity contribution in [1.82, 2.24) is 0 Å². The molecule has 1 aliphatic carbocycles. The first-order valence-corrected chi connectivity index (χ1v) is 6.46. The first-order chi connectivity index (χ1) is 8.14. The molecule has 0 aromatic heterocycles. The Morgan fingerprint density at radius 3 is 2.53 bits per heavy atom. The zero-order chi connectivity index (χ0) is 12.5. The maximum absolute atomic E-state index is 11.8. The second-order valence-electron chi connectivity index (χ2n) is 4.53. The van der Waals surface area contributed by atoms with Crippen molar-refractivity contribution < 1.29 is 9.53 Å². The number of hydrogen-bond donors (Lipinski definition) is 0. The van der Waals surface area contributed by atoms with Gasteiger partial charge in [0.2, 0.25) is 0 Å². The van der Waals surface area contributed by atoms with Crippen molar-refractivity contribution in [2.24, 2.45) is 5.41 Å². The van der Waals surface area contributed by atoms with Gasteiger partial charge in [-0.3, -0.25) is 4.79 Å². The van der Waals surface area contributed by atoms with Crippen LogP contribution in [0.2, 0.25) is 5.02 Å². The molecule has 17 heavy (non-hydrogen) atoms. The lowest BCUT2D eigenvalue weighted by Gasteiger charge is -2.46. The highest BCUT2D eigenvalue weighted by molar-refractivity contribution is 6.32.